The molecule has 0 bridgehead atoms. The average Bonchev–Trinajstić information content (AvgIpc) is 2.41. The Hall–Kier alpha value is -1.23. The number of carbonyl (C=O) groups is 2. The van der Waals surface area contributed by atoms with Crippen LogP contribution in [0, 0.1) is 0 Å². The third kappa shape index (κ3) is 7.25. The molecule has 132 valence electrons. The van der Waals surface area contributed by atoms with E-state index in [-0.39, 0.29) is 0 Å². The summed E-state index contributed by atoms with van der Waals surface area (Å²) < 4.78 is 17.2. The molecule has 0 aromatic rings. The Bertz CT molecular complexity index is 494. The van der Waals surface area contributed by atoms with Crippen LogP contribution in [0.1, 0.15) is 20.8 Å². The van der Waals surface area contributed by atoms with Crippen molar-refractivity contribution in [2.45, 2.75) is 47.0 Å². The van der Waals surface area contributed by atoms with Crippen molar-refractivity contribution >= 4 is 28.6 Å². The summed E-state index contributed by atoms with van der Waals surface area (Å²) in [6.45, 7) is 14.8. The van der Waals surface area contributed by atoms with Crippen LogP contribution in [0.4, 0.5) is 0 Å². The molecule has 0 aliphatic heterocycles. The van der Waals surface area contributed by atoms with Crippen molar-refractivity contribution in [3.63, 3.8) is 0 Å². The van der Waals surface area contributed by atoms with E-state index >= 15 is 0 Å². The number of hydrogen-bond acceptors (Lipinski definition) is 5. The molecule has 0 unspecified atom stereocenters. The van der Waals surface area contributed by atoms with Gasteiger partial charge in [0.2, 0.25) is 8.32 Å². The third-order valence-electron chi connectivity index (χ3n) is 3.37. The van der Waals surface area contributed by atoms with Gasteiger partial charge in [-0.15, -0.1) is 0 Å². The zero-order valence-corrected chi connectivity index (χ0v) is 17.1. The lowest BCUT2D eigenvalue weighted by molar-refractivity contribution is -0.135. The Balaban J connectivity index is 5.75. The number of rotatable bonds is 9. The minimum absolute atomic E-state index is 0.509. The minimum atomic E-state index is -2.44. The third-order valence-corrected chi connectivity index (χ3v) is 9.24. The summed E-state index contributed by atoms with van der Waals surface area (Å²) in [4.78, 5) is 22.5. The molecule has 0 aromatic carbocycles. The van der Waals surface area contributed by atoms with Crippen molar-refractivity contribution in [2.75, 3.05) is 13.2 Å². The number of carbonyl (C=O) groups excluding carboxylic acids is 1. The number of ether oxygens (including phenoxy) is 1. The molecular formula is C15H28O6Si2. The molecule has 0 radical (unpaired) electrons. The van der Waals surface area contributed by atoms with Crippen molar-refractivity contribution in [3.05, 3.63) is 22.7 Å². The minimum Gasteiger partial charge on any atom is -0.478 e. The molecule has 0 aliphatic rings. The zero-order valence-electron chi connectivity index (χ0n) is 15.1. The maximum atomic E-state index is 11.9. The lowest BCUT2D eigenvalue weighted by Crippen LogP contribution is -2.42. The molecule has 1 N–H and O–H groups in total. The molecule has 0 aromatic heterocycles. The van der Waals surface area contributed by atoms with E-state index in [0.29, 0.717) is 18.6 Å². The van der Waals surface area contributed by atoms with Crippen molar-refractivity contribution in [2.24, 2.45) is 0 Å². The number of aliphatic carboxylic acids is 1. The van der Waals surface area contributed by atoms with E-state index in [1.807, 2.05) is 47.0 Å². The lowest BCUT2D eigenvalue weighted by Gasteiger charge is -2.31. The van der Waals surface area contributed by atoms with E-state index in [1.54, 1.807) is 0 Å². The second kappa shape index (κ2) is 9.16. The van der Waals surface area contributed by atoms with Gasteiger partial charge in [0, 0.05) is 25.4 Å². The van der Waals surface area contributed by atoms with Crippen LogP contribution in [0.15, 0.2) is 22.7 Å². The molecule has 0 aliphatic carbocycles. The molecule has 0 rings (SSSR count). The fourth-order valence-corrected chi connectivity index (χ4v) is 7.54. The monoisotopic (exact) mass is 360 g/mol. The van der Waals surface area contributed by atoms with Gasteiger partial charge >= 0.3 is 11.9 Å². The molecule has 23 heavy (non-hydrogen) atoms. The molecule has 0 heterocycles. The van der Waals surface area contributed by atoms with E-state index in [2.05, 4.69) is 0 Å². The van der Waals surface area contributed by atoms with Crippen LogP contribution in [-0.4, -0.2) is 46.9 Å². The Labute approximate surface area is 140 Å². The van der Waals surface area contributed by atoms with Crippen LogP contribution in [0.3, 0.4) is 0 Å². The molecule has 0 fully saturated rings. The number of allylic oxidation sites excluding steroid dienone is 1. The Kier molecular flexibility index (Phi) is 8.67. The summed E-state index contributed by atoms with van der Waals surface area (Å²) >= 11 is 0. The van der Waals surface area contributed by atoms with E-state index in [9.17, 15) is 9.59 Å². The van der Waals surface area contributed by atoms with Gasteiger partial charge in [0.1, 0.15) is 5.38 Å². The number of carboxylic acids is 1. The second-order valence-electron chi connectivity index (χ2n) is 5.93. The van der Waals surface area contributed by atoms with Crippen molar-refractivity contribution in [1.82, 2.24) is 0 Å². The van der Waals surface area contributed by atoms with E-state index in [4.69, 9.17) is 18.7 Å². The van der Waals surface area contributed by atoms with Crippen molar-refractivity contribution in [1.29, 1.82) is 0 Å². The summed E-state index contributed by atoms with van der Waals surface area (Å²) in [6, 6.07) is 0. The maximum absolute atomic E-state index is 11.9. The SMILES string of the molecule is CCO[Si](C)(C)C(C)=C(OC(=O)/C=C\C(=O)O)[Si](C)(C)OCC. The van der Waals surface area contributed by atoms with Gasteiger partial charge in [-0.3, -0.25) is 0 Å². The molecule has 0 amide bonds. The van der Waals surface area contributed by atoms with Gasteiger partial charge in [-0.2, -0.15) is 0 Å². The maximum Gasteiger partial charge on any atom is 0.335 e. The van der Waals surface area contributed by atoms with Gasteiger partial charge in [0.25, 0.3) is 8.32 Å². The number of hydrogen-bond donors (Lipinski definition) is 1. The van der Waals surface area contributed by atoms with Crippen molar-refractivity contribution < 1.29 is 28.3 Å². The van der Waals surface area contributed by atoms with Crippen LogP contribution in [0.5, 0.6) is 0 Å². The van der Waals surface area contributed by atoms with Gasteiger partial charge in [-0.05, 0) is 52.2 Å². The molecule has 0 spiro atoms. The first-order valence-electron chi connectivity index (χ1n) is 7.60. The summed E-state index contributed by atoms with van der Waals surface area (Å²) in [5, 5.41) is 10.0. The summed E-state index contributed by atoms with van der Waals surface area (Å²) in [6.07, 6.45) is 1.66. The second-order valence-corrected chi connectivity index (χ2v) is 13.8. The van der Waals surface area contributed by atoms with Crippen LogP contribution >= 0.6 is 0 Å². The largest absolute Gasteiger partial charge is 0.478 e. The van der Waals surface area contributed by atoms with Gasteiger partial charge in [0.15, 0.2) is 0 Å². The Morgan fingerprint density at radius 2 is 1.43 bits per heavy atom. The molecule has 8 heteroatoms. The highest BCUT2D eigenvalue weighted by Gasteiger charge is 2.38. The normalized spacial score (nSPS) is 13.9. The van der Waals surface area contributed by atoms with Crippen LogP contribution in [0.2, 0.25) is 26.2 Å². The molecule has 0 saturated carbocycles. The predicted molar refractivity (Wildman–Crippen MR) is 93.8 cm³/mol. The first-order chi connectivity index (χ1) is 10.5. The number of carboxylic acid groups (broad SMARTS) is 1. The van der Waals surface area contributed by atoms with Gasteiger partial charge in [0.05, 0.1) is 0 Å². The standard InChI is InChI=1S/C15H28O6Si2/c1-8-19-22(4,5)12(3)15(23(6,7)20-9-2)21-14(18)11-10-13(16)17/h10-11H,8-9H2,1-7H3,(H,16,17)/b11-10-,15-12?. The Morgan fingerprint density at radius 3 is 1.87 bits per heavy atom. The Morgan fingerprint density at radius 1 is 0.957 bits per heavy atom. The fourth-order valence-electron chi connectivity index (χ4n) is 2.09. The van der Waals surface area contributed by atoms with E-state index in [1.165, 1.54) is 0 Å². The molecule has 0 saturated heterocycles. The predicted octanol–water partition coefficient (Wildman–Crippen LogP) is 3.01. The zero-order chi connectivity index (χ0) is 18.3. The lowest BCUT2D eigenvalue weighted by atomic mass is 10.5. The highest BCUT2D eigenvalue weighted by atomic mass is 28.4. The van der Waals surface area contributed by atoms with E-state index < -0.39 is 28.6 Å². The van der Waals surface area contributed by atoms with Crippen LogP contribution in [-0.2, 0) is 23.2 Å². The summed E-state index contributed by atoms with van der Waals surface area (Å²) in [5.74, 6) is -1.92. The van der Waals surface area contributed by atoms with Gasteiger partial charge in [-0.25, -0.2) is 9.59 Å². The average molecular weight is 361 g/mol. The van der Waals surface area contributed by atoms with Gasteiger partial charge in [-0.1, -0.05) is 0 Å². The highest BCUT2D eigenvalue weighted by molar-refractivity contribution is 6.84. The van der Waals surface area contributed by atoms with Gasteiger partial charge < -0.3 is 18.7 Å². The fraction of sp³-hybridized carbons (Fsp3) is 0.600. The molecular weight excluding hydrogens is 332 g/mol. The molecule has 0 atom stereocenters. The van der Waals surface area contributed by atoms with Crippen LogP contribution in [0.25, 0.3) is 0 Å². The first kappa shape index (κ1) is 21.8. The van der Waals surface area contributed by atoms with Crippen LogP contribution < -0.4 is 0 Å². The quantitative estimate of drug-likeness (QED) is 0.295. The summed E-state index contributed by atoms with van der Waals surface area (Å²) in [5.41, 5.74) is 0. The first-order valence-corrected chi connectivity index (χ1v) is 13.4. The highest BCUT2D eigenvalue weighted by Crippen LogP contribution is 2.28. The van der Waals surface area contributed by atoms with Crippen molar-refractivity contribution in [3.8, 4) is 0 Å². The topological polar surface area (TPSA) is 82.1 Å². The molecule has 6 nitrogen and oxygen atoms in total. The smallest absolute Gasteiger partial charge is 0.335 e. The van der Waals surface area contributed by atoms with E-state index in [0.717, 1.165) is 17.3 Å². The summed E-state index contributed by atoms with van der Waals surface area (Å²) in [7, 11) is -4.65. The number of esters is 1.